The average molecular weight is 326 g/mol. The van der Waals surface area contributed by atoms with Crippen LogP contribution in [0.15, 0.2) is 59.2 Å². The van der Waals surface area contributed by atoms with Crippen molar-refractivity contribution in [3.05, 3.63) is 70.3 Å². The summed E-state index contributed by atoms with van der Waals surface area (Å²) >= 11 is 0. The topological polar surface area (TPSA) is 37.3 Å². The fraction of sp³-hybridized carbons (Fsp3) is 0.409. The molecule has 0 aromatic heterocycles. The molecule has 0 atom stereocenters. The number of carboxylic acid groups (broad SMARTS) is 1. The van der Waals surface area contributed by atoms with Crippen LogP contribution in [0.3, 0.4) is 0 Å². The van der Waals surface area contributed by atoms with Gasteiger partial charge in [-0.05, 0) is 77.5 Å². The van der Waals surface area contributed by atoms with Gasteiger partial charge in [0.1, 0.15) is 0 Å². The van der Waals surface area contributed by atoms with Gasteiger partial charge < -0.3 is 5.11 Å². The summed E-state index contributed by atoms with van der Waals surface area (Å²) in [6.07, 6.45) is 12.0. The van der Waals surface area contributed by atoms with Gasteiger partial charge in [-0.1, -0.05) is 47.1 Å². The number of hydrogen-bond acceptors (Lipinski definition) is 1. The first-order chi connectivity index (χ1) is 11.4. The second-order valence-electron chi connectivity index (χ2n) is 6.50. The Morgan fingerprint density at radius 2 is 1.62 bits per heavy atom. The van der Waals surface area contributed by atoms with Crippen LogP contribution < -0.4 is 0 Å². The number of rotatable bonds is 9. The van der Waals surface area contributed by atoms with E-state index in [1.807, 2.05) is 12.1 Å². The molecule has 130 valence electrons. The molecule has 0 saturated heterocycles. The molecular formula is C22H30O2. The summed E-state index contributed by atoms with van der Waals surface area (Å²) in [7, 11) is 0. The molecule has 24 heavy (non-hydrogen) atoms. The van der Waals surface area contributed by atoms with Crippen LogP contribution in [-0.4, -0.2) is 11.1 Å². The molecule has 1 aromatic carbocycles. The summed E-state index contributed by atoms with van der Waals surface area (Å²) in [6, 6.07) is 7.19. The highest BCUT2D eigenvalue weighted by Crippen LogP contribution is 2.14. The minimum Gasteiger partial charge on any atom is -0.478 e. The van der Waals surface area contributed by atoms with E-state index >= 15 is 0 Å². The zero-order chi connectivity index (χ0) is 17.9. The van der Waals surface area contributed by atoms with Gasteiger partial charge in [-0.15, -0.1) is 0 Å². The normalized spacial score (nSPS) is 13.2. The molecule has 0 radical (unpaired) electrons. The molecule has 0 heterocycles. The Kier molecular flexibility index (Phi) is 8.85. The maximum absolute atomic E-state index is 11.0. The fourth-order valence-electron chi connectivity index (χ4n) is 2.55. The van der Waals surface area contributed by atoms with E-state index < -0.39 is 5.97 Å². The van der Waals surface area contributed by atoms with Gasteiger partial charge in [0.25, 0.3) is 0 Å². The SMILES string of the molecule is CC=C(C)CCC=C(C)CCC=C(C)Cc1cccc(C(=O)O)c1. The Morgan fingerprint density at radius 3 is 2.25 bits per heavy atom. The van der Waals surface area contributed by atoms with Crippen LogP contribution in [-0.2, 0) is 6.42 Å². The summed E-state index contributed by atoms with van der Waals surface area (Å²) in [5.74, 6) is -0.868. The van der Waals surface area contributed by atoms with E-state index in [1.165, 1.54) is 16.7 Å². The Labute approximate surface area is 146 Å². The van der Waals surface area contributed by atoms with Crippen molar-refractivity contribution in [2.24, 2.45) is 0 Å². The van der Waals surface area contributed by atoms with Crippen LogP contribution in [0.2, 0.25) is 0 Å². The van der Waals surface area contributed by atoms with Gasteiger partial charge in [0.2, 0.25) is 0 Å². The summed E-state index contributed by atoms with van der Waals surface area (Å²) < 4.78 is 0. The third kappa shape index (κ3) is 7.96. The van der Waals surface area contributed by atoms with Gasteiger partial charge in [-0.25, -0.2) is 4.79 Å². The highest BCUT2D eigenvalue weighted by atomic mass is 16.4. The largest absolute Gasteiger partial charge is 0.478 e. The number of hydrogen-bond donors (Lipinski definition) is 1. The standard InChI is InChI=1S/C22H30O2/c1-5-17(2)9-6-10-18(3)11-7-12-19(4)15-20-13-8-14-21(16-20)22(23)24/h5,8,10,12-14,16H,6-7,9,11,15H2,1-4H3,(H,23,24). The zero-order valence-electron chi connectivity index (χ0n) is 15.4. The van der Waals surface area contributed by atoms with Crippen molar-refractivity contribution in [1.82, 2.24) is 0 Å². The van der Waals surface area contributed by atoms with Crippen molar-refractivity contribution >= 4 is 5.97 Å². The minimum atomic E-state index is -0.868. The van der Waals surface area contributed by atoms with Crippen LogP contribution in [0.1, 0.15) is 69.3 Å². The molecule has 1 N–H and O–H groups in total. The molecule has 1 rings (SSSR count). The van der Waals surface area contributed by atoms with Gasteiger partial charge in [-0.2, -0.15) is 0 Å². The Balaban J connectivity index is 2.45. The molecule has 0 unspecified atom stereocenters. The molecule has 0 bridgehead atoms. The van der Waals surface area contributed by atoms with Crippen molar-refractivity contribution in [2.45, 2.75) is 59.8 Å². The summed E-state index contributed by atoms with van der Waals surface area (Å²) in [5.41, 5.74) is 5.58. The molecule has 0 spiro atoms. The molecule has 0 saturated carbocycles. The van der Waals surface area contributed by atoms with Gasteiger partial charge in [0.15, 0.2) is 0 Å². The summed E-state index contributed by atoms with van der Waals surface area (Å²) in [5, 5.41) is 9.04. The summed E-state index contributed by atoms with van der Waals surface area (Å²) in [4.78, 5) is 11.0. The molecule has 2 nitrogen and oxygen atoms in total. The third-order valence-corrected chi connectivity index (χ3v) is 4.21. The molecule has 2 heteroatoms. The van der Waals surface area contributed by atoms with E-state index in [-0.39, 0.29) is 0 Å². The fourth-order valence-corrected chi connectivity index (χ4v) is 2.55. The average Bonchev–Trinajstić information content (AvgIpc) is 2.54. The zero-order valence-corrected chi connectivity index (χ0v) is 15.4. The third-order valence-electron chi connectivity index (χ3n) is 4.21. The Hall–Kier alpha value is -2.09. The first kappa shape index (κ1) is 20.0. The molecule has 0 aliphatic carbocycles. The van der Waals surface area contributed by atoms with E-state index in [9.17, 15) is 4.79 Å². The highest BCUT2D eigenvalue weighted by molar-refractivity contribution is 5.87. The predicted molar refractivity (Wildman–Crippen MR) is 103 cm³/mol. The lowest BCUT2D eigenvalue weighted by molar-refractivity contribution is 0.0696. The molecular weight excluding hydrogens is 296 g/mol. The van der Waals surface area contributed by atoms with Crippen LogP contribution >= 0.6 is 0 Å². The number of aromatic carboxylic acids is 1. The van der Waals surface area contributed by atoms with Gasteiger partial charge in [0, 0.05) is 0 Å². The maximum Gasteiger partial charge on any atom is 0.335 e. The molecule has 0 aliphatic heterocycles. The monoisotopic (exact) mass is 326 g/mol. The van der Waals surface area contributed by atoms with Crippen LogP contribution in [0.25, 0.3) is 0 Å². The number of carboxylic acids is 1. The van der Waals surface area contributed by atoms with Gasteiger partial charge in [-0.3, -0.25) is 0 Å². The molecule has 0 aliphatic rings. The number of allylic oxidation sites excluding steroid dienone is 6. The predicted octanol–water partition coefficient (Wildman–Crippen LogP) is 6.35. The lowest BCUT2D eigenvalue weighted by Crippen LogP contribution is -1.97. The van der Waals surface area contributed by atoms with E-state index in [1.54, 1.807) is 12.1 Å². The van der Waals surface area contributed by atoms with Crippen molar-refractivity contribution < 1.29 is 9.90 Å². The quantitative estimate of drug-likeness (QED) is 0.537. The molecule has 1 aromatic rings. The molecule has 0 amide bonds. The van der Waals surface area contributed by atoms with E-state index in [0.29, 0.717) is 5.56 Å². The van der Waals surface area contributed by atoms with Gasteiger partial charge in [0.05, 0.1) is 5.56 Å². The summed E-state index contributed by atoms with van der Waals surface area (Å²) in [6.45, 7) is 8.58. The van der Waals surface area contributed by atoms with E-state index in [4.69, 9.17) is 5.11 Å². The van der Waals surface area contributed by atoms with Crippen LogP contribution in [0.5, 0.6) is 0 Å². The van der Waals surface area contributed by atoms with E-state index in [0.717, 1.165) is 37.7 Å². The molecule has 0 fully saturated rings. The number of carbonyl (C=O) groups is 1. The van der Waals surface area contributed by atoms with Crippen LogP contribution in [0, 0.1) is 0 Å². The highest BCUT2D eigenvalue weighted by Gasteiger charge is 2.03. The first-order valence-corrected chi connectivity index (χ1v) is 8.67. The lowest BCUT2D eigenvalue weighted by Gasteiger charge is -2.04. The lowest BCUT2D eigenvalue weighted by atomic mass is 10.0. The van der Waals surface area contributed by atoms with Crippen molar-refractivity contribution in [2.75, 3.05) is 0 Å². The van der Waals surface area contributed by atoms with Gasteiger partial charge >= 0.3 is 5.97 Å². The van der Waals surface area contributed by atoms with Crippen molar-refractivity contribution in [1.29, 1.82) is 0 Å². The maximum atomic E-state index is 11.0. The van der Waals surface area contributed by atoms with E-state index in [2.05, 4.69) is 45.9 Å². The first-order valence-electron chi connectivity index (χ1n) is 8.67. The minimum absolute atomic E-state index is 0.357. The Bertz CT molecular complexity index is 633. The van der Waals surface area contributed by atoms with Crippen molar-refractivity contribution in [3.63, 3.8) is 0 Å². The Morgan fingerprint density at radius 1 is 1.00 bits per heavy atom. The second kappa shape index (κ2) is 10.6. The van der Waals surface area contributed by atoms with Crippen LogP contribution in [0.4, 0.5) is 0 Å². The second-order valence-corrected chi connectivity index (χ2v) is 6.50. The number of benzene rings is 1. The smallest absolute Gasteiger partial charge is 0.335 e. The van der Waals surface area contributed by atoms with Crippen molar-refractivity contribution in [3.8, 4) is 0 Å².